The molecule has 1 amide bonds. The van der Waals surface area contributed by atoms with Crippen molar-refractivity contribution in [2.24, 2.45) is 0 Å². The van der Waals surface area contributed by atoms with Gasteiger partial charge in [0.25, 0.3) is 5.91 Å². The Morgan fingerprint density at radius 3 is 2.59 bits per heavy atom. The number of amides is 1. The fourth-order valence-electron chi connectivity index (χ4n) is 4.56. The number of methoxy groups -OCH3 is 1. The summed E-state index contributed by atoms with van der Waals surface area (Å²) in [7, 11) is 1.56. The number of fused-ring (bicyclic) bond motifs is 1. The van der Waals surface area contributed by atoms with Crippen LogP contribution in [0, 0.1) is 6.92 Å². The smallest absolute Gasteiger partial charge is 0.255 e. The summed E-state index contributed by atoms with van der Waals surface area (Å²) in [6.07, 6.45) is 0. The van der Waals surface area contributed by atoms with Crippen molar-refractivity contribution >= 4 is 17.5 Å². The highest BCUT2D eigenvalue weighted by Crippen LogP contribution is 2.39. The summed E-state index contributed by atoms with van der Waals surface area (Å²) in [5.74, 6) is 1.85. The van der Waals surface area contributed by atoms with E-state index in [0.717, 1.165) is 16.7 Å². The SMILES string of the molecule is CCOc1cc(C2C(C(=O)Nc3ccccc3OC)=C(C)Nc3nnnn32)ccc1OCc1ccccc1C. The summed E-state index contributed by atoms with van der Waals surface area (Å²) < 4.78 is 19.1. The lowest BCUT2D eigenvalue weighted by Crippen LogP contribution is -2.31. The Kier molecular flexibility index (Phi) is 7.44. The number of carbonyl (C=O) groups is 1. The lowest BCUT2D eigenvalue weighted by atomic mass is 9.94. The van der Waals surface area contributed by atoms with Crippen molar-refractivity contribution in [2.45, 2.75) is 33.4 Å². The average Bonchev–Trinajstić information content (AvgIpc) is 3.41. The molecule has 0 saturated heterocycles. The molecule has 0 aliphatic carbocycles. The number of rotatable bonds is 9. The highest BCUT2D eigenvalue weighted by atomic mass is 16.5. The molecule has 39 heavy (non-hydrogen) atoms. The van der Waals surface area contributed by atoms with Crippen LogP contribution < -0.4 is 24.8 Å². The van der Waals surface area contributed by atoms with E-state index in [4.69, 9.17) is 14.2 Å². The number of aryl methyl sites for hydroxylation is 1. The van der Waals surface area contributed by atoms with Gasteiger partial charge >= 0.3 is 0 Å². The summed E-state index contributed by atoms with van der Waals surface area (Å²) in [4.78, 5) is 13.7. The molecule has 2 heterocycles. The lowest BCUT2D eigenvalue weighted by molar-refractivity contribution is -0.113. The van der Waals surface area contributed by atoms with E-state index in [1.54, 1.807) is 23.9 Å². The first-order valence-electron chi connectivity index (χ1n) is 12.6. The second-order valence-corrected chi connectivity index (χ2v) is 9.02. The first-order chi connectivity index (χ1) is 19.0. The molecule has 10 nitrogen and oxygen atoms in total. The van der Waals surface area contributed by atoms with Gasteiger partial charge in [-0.2, -0.15) is 4.68 Å². The van der Waals surface area contributed by atoms with Crippen molar-refractivity contribution < 1.29 is 19.0 Å². The van der Waals surface area contributed by atoms with Crippen LogP contribution in [0.5, 0.6) is 17.2 Å². The number of hydrogen-bond donors (Lipinski definition) is 2. The van der Waals surface area contributed by atoms with Gasteiger partial charge < -0.3 is 24.8 Å². The Morgan fingerprint density at radius 1 is 1.00 bits per heavy atom. The number of tetrazole rings is 1. The molecule has 0 radical (unpaired) electrons. The predicted octanol–water partition coefficient (Wildman–Crippen LogP) is 4.90. The number of ether oxygens (including phenoxy) is 3. The molecule has 0 spiro atoms. The van der Waals surface area contributed by atoms with Crippen LogP contribution >= 0.6 is 0 Å². The third-order valence-electron chi connectivity index (χ3n) is 6.54. The molecule has 1 aliphatic heterocycles. The number of anilines is 2. The molecule has 4 aromatic rings. The Morgan fingerprint density at radius 2 is 1.79 bits per heavy atom. The lowest BCUT2D eigenvalue weighted by Gasteiger charge is -2.28. The monoisotopic (exact) mass is 526 g/mol. The van der Waals surface area contributed by atoms with Crippen LogP contribution in [-0.4, -0.2) is 39.8 Å². The van der Waals surface area contributed by atoms with Gasteiger partial charge in [0.15, 0.2) is 11.5 Å². The summed E-state index contributed by atoms with van der Waals surface area (Å²) in [5, 5.41) is 18.2. The standard InChI is InChI=1S/C29H30N6O4/c1-5-38-25-16-20(14-15-24(25)39-17-21-11-7-6-10-18(21)2)27-26(19(3)30-29-32-33-34-35(27)29)28(36)31-22-12-8-9-13-23(22)37-4/h6-16,27H,5,17H2,1-4H3,(H,31,36)(H,30,32,34). The Labute approximate surface area is 226 Å². The molecule has 1 aromatic heterocycles. The maximum absolute atomic E-state index is 13.7. The minimum atomic E-state index is -0.615. The number of aromatic nitrogens is 4. The van der Waals surface area contributed by atoms with Crippen LogP contribution in [0.15, 0.2) is 78.0 Å². The fraction of sp³-hybridized carbons (Fsp3) is 0.241. The number of para-hydroxylation sites is 2. The largest absolute Gasteiger partial charge is 0.495 e. The maximum atomic E-state index is 13.7. The first-order valence-corrected chi connectivity index (χ1v) is 12.6. The molecule has 3 aromatic carbocycles. The van der Waals surface area contributed by atoms with Crippen LogP contribution in [-0.2, 0) is 11.4 Å². The first kappa shape index (κ1) is 25.8. The summed E-state index contributed by atoms with van der Waals surface area (Å²) >= 11 is 0. The van der Waals surface area contributed by atoms with Crippen LogP contribution in [0.2, 0.25) is 0 Å². The number of allylic oxidation sites excluding steroid dienone is 1. The van der Waals surface area contributed by atoms with E-state index in [9.17, 15) is 4.79 Å². The van der Waals surface area contributed by atoms with E-state index in [0.29, 0.717) is 53.4 Å². The molecular formula is C29H30N6O4. The molecule has 10 heteroatoms. The maximum Gasteiger partial charge on any atom is 0.255 e. The molecule has 1 unspecified atom stereocenters. The van der Waals surface area contributed by atoms with Crippen LogP contribution in [0.25, 0.3) is 0 Å². The number of nitrogens with zero attached hydrogens (tertiary/aromatic N) is 4. The van der Waals surface area contributed by atoms with Crippen molar-refractivity contribution in [1.82, 2.24) is 20.2 Å². The summed E-state index contributed by atoms with van der Waals surface area (Å²) in [6.45, 7) is 6.65. The average molecular weight is 527 g/mol. The molecule has 1 atom stereocenters. The molecule has 1 aliphatic rings. The van der Waals surface area contributed by atoms with Crippen molar-refractivity contribution in [1.29, 1.82) is 0 Å². The normalized spacial score (nSPS) is 14.3. The third kappa shape index (κ3) is 5.26. The molecule has 0 bridgehead atoms. The van der Waals surface area contributed by atoms with Gasteiger partial charge in [-0.1, -0.05) is 47.6 Å². The fourth-order valence-corrected chi connectivity index (χ4v) is 4.56. The van der Waals surface area contributed by atoms with Gasteiger partial charge in [0, 0.05) is 5.70 Å². The predicted molar refractivity (Wildman–Crippen MR) is 147 cm³/mol. The minimum Gasteiger partial charge on any atom is -0.495 e. The van der Waals surface area contributed by atoms with Crippen LogP contribution in [0.1, 0.15) is 36.6 Å². The van der Waals surface area contributed by atoms with Gasteiger partial charge in [0.05, 0.1) is 25.0 Å². The van der Waals surface area contributed by atoms with Crippen LogP contribution in [0.4, 0.5) is 11.6 Å². The van der Waals surface area contributed by atoms with E-state index in [-0.39, 0.29) is 5.91 Å². The van der Waals surface area contributed by atoms with Gasteiger partial charge in [-0.25, -0.2) is 0 Å². The zero-order valence-electron chi connectivity index (χ0n) is 22.3. The number of benzene rings is 3. The molecule has 0 fully saturated rings. The number of hydrogen-bond acceptors (Lipinski definition) is 8. The van der Waals surface area contributed by atoms with E-state index in [1.165, 1.54) is 0 Å². The number of carbonyl (C=O) groups excluding carboxylic acids is 1. The minimum absolute atomic E-state index is 0.312. The molecule has 0 saturated carbocycles. The van der Waals surface area contributed by atoms with E-state index in [2.05, 4.69) is 39.1 Å². The second kappa shape index (κ2) is 11.3. The Bertz CT molecular complexity index is 1530. The van der Waals surface area contributed by atoms with Gasteiger partial charge in [0.1, 0.15) is 18.4 Å². The van der Waals surface area contributed by atoms with Crippen molar-refractivity contribution in [3.05, 3.63) is 94.7 Å². The van der Waals surface area contributed by atoms with Gasteiger partial charge in [-0.15, -0.1) is 0 Å². The van der Waals surface area contributed by atoms with Gasteiger partial charge in [-0.05, 0) is 72.2 Å². The third-order valence-corrected chi connectivity index (χ3v) is 6.54. The highest BCUT2D eigenvalue weighted by molar-refractivity contribution is 6.06. The van der Waals surface area contributed by atoms with E-state index in [1.807, 2.05) is 62.4 Å². The Hall–Kier alpha value is -4.86. The quantitative estimate of drug-likeness (QED) is 0.317. The molecule has 200 valence electrons. The Balaban J connectivity index is 1.50. The molecular weight excluding hydrogens is 496 g/mol. The summed E-state index contributed by atoms with van der Waals surface area (Å²) in [5.41, 5.74) is 4.65. The van der Waals surface area contributed by atoms with Crippen molar-refractivity contribution in [3.8, 4) is 17.2 Å². The van der Waals surface area contributed by atoms with E-state index < -0.39 is 6.04 Å². The zero-order valence-corrected chi connectivity index (χ0v) is 22.3. The van der Waals surface area contributed by atoms with Crippen LogP contribution in [0.3, 0.4) is 0 Å². The van der Waals surface area contributed by atoms with Gasteiger partial charge in [0.2, 0.25) is 5.95 Å². The van der Waals surface area contributed by atoms with E-state index >= 15 is 0 Å². The summed E-state index contributed by atoms with van der Waals surface area (Å²) in [6, 6.07) is 20.4. The number of nitrogens with one attached hydrogen (secondary N) is 2. The van der Waals surface area contributed by atoms with Gasteiger partial charge in [-0.3, -0.25) is 4.79 Å². The topological polar surface area (TPSA) is 112 Å². The molecule has 2 N–H and O–H groups in total. The van der Waals surface area contributed by atoms with Crippen molar-refractivity contribution in [3.63, 3.8) is 0 Å². The van der Waals surface area contributed by atoms with Crippen molar-refractivity contribution in [2.75, 3.05) is 24.4 Å². The zero-order chi connectivity index (χ0) is 27.4. The molecule has 5 rings (SSSR count). The second-order valence-electron chi connectivity index (χ2n) is 9.02. The highest BCUT2D eigenvalue weighted by Gasteiger charge is 2.35.